The second-order valence-corrected chi connectivity index (χ2v) is 8.03. The SMILES string of the molecule is CC(OC(=O)c1cc2c(s1)CCC2)C(=O)Nc1ccc(Oc2ccccc2)cc1. The van der Waals surface area contributed by atoms with Crippen molar-refractivity contribution in [2.75, 3.05) is 5.32 Å². The molecule has 0 radical (unpaired) electrons. The zero-order valence-corrected chi connectivity index (χ0v) is 16.8. The maximum atomic E-state index is 12.4. The Labute approximate surface area is 173 Å². The predicted molar refractivity (Wildman–Crippen MR) is 113 cm³/mol. The number of ether oxygens (including phenoxy) is 2. The maximum absolute atomic E-state index is 12.4. The average Bonchev–Trinajstić information content (AvgIpc) is 3.32. The van der Waals surface area contributed by atoms with E-state index in [1.165, 1.54) is 21.8 Å². The van der Waals surface area contributed by atoms with Gasteiger partial charge in [-0.2, -0.15) is 0 Å². The molecule has 1 aromatic heterocycles. The molecule has 1 N–H and O–H groups in total. The summed E-state index contributed by atoms with van der Waals surface area (Å²) in [7, 11) is 0. The van der Waals surface area contributed by atoms with Crippen molar-refractivity contribution in [2.45, 2.75) is 32.3 Å². The number of thiophene rings is 1. The van der Waals surface area contributed by atoms with Crippen molar-refractivity contribution >= 4 is 28.9 Å². The number of carbonyl (C=O) groups excluding carboxylic acids is 2. The summed E-state index contributed by atoms with van der Waals surface area (Å²) in [5.41, 5.74) is 1.84. The van der Waals surface area contributed by atoms with Gasteiger partial charge in [0.25, 0.3) is 5.91 Å². The molecule has 2 aromatic carbocycles. The molecule has 148 valence electrons. The third kappa shape index (κ3) is 4.66. The average molecular weight is 407 g/mol. The van der Waals surface area contributed by atoms with Crippen molar-refractivity contribution in [2.24, 2.45) is 0 Å². The summed E-state index contributed by atoms with van der Waals surface area (Å²) in [4.78, 5) is 26.5. The fourth-order valence-corrected chi connectivity index (χ4v) is 4.31. The van der Waals surface area contributed by atoms with Crippen LogP contribution in [0.15, 0.2) is 60.7 Å². The highest BCUT2D eigenvalue weighted by Gasteiger charge is 2.23. The standard InChI is InChI=1S/C23H21NO4S/c1-15(27-23(26)21-14-16-6-5-9-20(16)29-21)22(25)24-17-10-12-19(13-11-17)28-18-7-3-2-4-8-18/h2-4,7-8,10-15H,5-6,9H2,1H3,(H,24,25). The Hall–Kier alpha value is -3.12. The monoisotopic (exact) mass is 407 g/mol. The highest BCUT2D eigenvalue weighted by atomic mass is 32.1. The zero-order chi connectivity index (χ0) is 20.2. The molecule has 1 aliphatic rings. The van der Waals surface area contributed by atoms with E-state index in [1.54, 1.807) is 31.2 Å². The number of rotatable bonds is 6. The molecule has 1 heterocycles. The van der Waals surface area contributed by atoms with E-state index in [-0.39, 0.29) is 5.91 Å². The lowest BCUT2D eigenvalue weighted by atomic mass is 10.2. The minimum absolute atomic E-state index is 0.376. The second-order valence-electron chi connectivity index (χ2n) is 6.89. The van der Waals surface area contributed by atoms with Gasteiger partial charge in [0.05, 0.1) is 0 Å². The number of aryl methyl sites for hydroxylation is 2. The molecule has 0 saturated heterocycles. The number of carbonyl (C=O) groups is 2. The lowest BCUT2D eigenvalue weighted by Gasteiger charge is -2.13. The van der Waals surface area contributed by atoms with Crippen LogP contribution < -0.4 is 10.1 Å². The number of nitrogens with one attached hydrogen (secondary N) is 1. The van der Waals surface area contributed by atoms with Gasteiger partial charge < -0.3 is 14.8 Å². The molecule has 1 atom stereocenters. The first-order chi connectivity index (χ1) is 14.1. The summed E-state index contributed by atoms with van der Waals surface area (Å²) < 4.78 is 11.1. The molecular weight excluding hydrogens is 386 g/mol. The van der Waals surface area contributed by atoms with Gasteiger partial charge in [0.15, 0.2) is 6.10 Å². The molecular formula is C23H21NO4S. The van der Waals surface area contributed by atoms with E-state index in [9.17, 15) is 9.59 Å². The molecule has 0 bridgehead atoms. The zero-order valence-electron chi connectivity index (χ0n) is 16.0. The van der Waals surface area contributed by atoms with E-state index in [0.717, 1.165) is 25.0 Å². The summed E-state index contributed by atoms with van der Waals surface area (Å²) in [5, 5.41) is 2.76. The number of esters is 1. The third-order valence-electron chi connectivity index (χ3n) is 4.70. The normalized spacial score (nSPS) is 13.4. The van der Waals surface area contributed by atoms with E-state index < -0.39 is 12.1 Å². The molecule has 0 saturated carbocycles. The lowest BCUT2D eigenvalue weighted by Crippen LogP contribution is -2.29. The van der Waals surface area contributed by atoms with Crippen LogP contribution in [0, 0.1) is 0 Å². The Morgan fingerprint density at radius 3 is 2.45 bits per heavy atom. The van der Waals surface area contributed by atoms with E-state index in [0.29, 0.717) is 16.3 Å². The van der Waals surface area contributed by atoms with Crippen molar-refractivity contribution in [3.05, 3.63) is 76.0 Å². The van der Waals surface area contributed by atoms with Gasteiger partial charge in [0.1, 0.15) is 16.4 Å². The molecule has 0 aliphatic heterocycles. The van der Waals surface area contributed by atoms with Crippen LogP contribution in [-0.4, -0.2) is 18.0 Å². The number of para-hydroxylation sites is 1. The van der Waals surface area contributed by atoms with Crippen LogP contribution in [0.5, 0.6) is 11.5 Å². The van der Waals surface area contributed by atoms with E-state index in [1.807, 2.05) is 36.4 Å². The molecule has 5 nitrogen and oxygen atoms in total. The largest absolute Gasteiger partial charge is 0.457 e. The van der Waals surface area contributed by atoms with Crippen molar-refractivity contribution in [3.8, 4) is 11.5 Å². The first-order valence-corrected chi connectivity index (χ1v) is 10.4. The summed E-state index contributed by atoms with van der Waals surface area (Å²) in [6.07, 6.45) is 2.29. The number of anilines is 1. The second kappa shape index (κ2) is 8.49. The molecule has 1 aliphatic carbocycles. The lowest BCUT2D eigenvalue weighted by molar-refractivity contribution is -0.123. The molecule has 1 unspecified atom stereocenters. The topological polar surface area (TPSA) is 64.6 Å². The summed E-state index contributed by atoms with van der Waals surface area (Å²) >= 11 is 1.47. The Kier molecular flexibility index (Phi) is 5.62. The van der Waals surface area contributed by atoms with Crippen LogP contribution in [-0.2, 0) is 22.4 Å². The van der Waals surface area contributed by atoms with Gasteiger partial charge in [-0.1, -0.05) is 18.2 Å². The number of benzene rings is 2. The fraction of sp³-hybridized carbons (Fsp3) is 0.217. The first-order valence-electron chi connectivity index (χ1n) is 9.55. The molecule has 1 amide bonds. The van der Waals surface area contributed by atoms with Crippen LogP contribution in [0.25, 0.3) is 0 Å². The van der Waals surface area contributed by atoms with Crippen molar-refractivity contribution in [1.82, 2.24) is 0 Å². The van der Waals surface area contributed by atoms with E-state index >= 15 is 0 Å². The highest BCUT2D eigenvalue weighted by Crippen LogP contribution is 2.31. The predicted octanol–water partition coefficient (Wildman–Crippen LogP) is 5.21. The summed E-state index contributed by atoms with van der Waals surface area (Å²) in [5.74, 6) is 0.585. The van der Waals surface area contributed by atoms with Gasteiger partial charge in [-0.05, 0) is 74.2 Å². The maximum Gasteiger partial charge on any atom is 0.349 e. The van der Waals surface area contributed by atoms with Gasteiger partial charge >= 0.3 is 5.97 Å². The minimum atomic E-state index is -0.889. The molecule has 0 spiro atoms. The van der Waals surface area contributed by atoms with Gasteiger partial charge in [-0.15, -0.1) is 11.3 Å². The quantitative estimate of drug-likeness (QED) is 0.570. The van der Waals surface area contributed by atoms with Gasteiger partial charge in [0, 0.05) is 10.6 Å². The first kappa shape index (κ1) is 19.2. The number of amides is 1. The number of hydrogen-bond donors (Lipinski definition) is 1. The van der Waals surface area contributed by atoms with Gasteiger partial charge in [-0.3, -0.25) is 4.79 Å². The van der Waals surface area contributed by atoms with E-state index in [2.05, 4.69) is 5.32 Å². The van der Waals surface area contributed by atoms with Crippen LogP contribution >= 0.6 is 11.3 Å². The molecule has 29 heavy (non-hydrogen) atoms. The molecule has 3 aromatic rings. The van der Waals surface area contributed by atoms with Gasteiger partial charge in [0.2, 0.25) is 0 Å². The third-order valence-corrected chi connectivity index (χ3v) is 5.92. The highest BCUT2D eigenvalue weighted by molar-refractivity contribution is 7.14. The van der Waals surface area contributed by atoms with Crippen LogP contribution in [0.1, 0.15) is 33.5 Å². The smallest absolute Gasteiger partial charge is 0.349 e. The molecule has 0 fully saturated rings. The van der Waals surface area contributed by atoms with Crippen LogP contribution in [0.2, 0.25) is 0 Å². The summed E-state index contributed by atoms with van der Waals surface area (Å²) in [6.45, 7) is 1.57. The van der Waals surface area contributed by atoms with E-state index in [4.69, 9.17) is 9.47 Å². The van der Waals surface area contributed by atoms with Crippen molar-refractivity contribution in [1.29, 1.82) is 0 Å². The molecule has 4 rings (SSSR count). The van der Waals surface area contributed by atoms with Crippen LogP contribution in [0.4, 0.5) is 5.69 Å². The van der Waals surface area contributed by atoms with Crippen LogP contribution in [0.3, 0.4) is 0 Å². The fourth-order valence-electron chi connectivity index (χ4n) is 3.18. The Morgan fingerprint density at radius 1 is 1.00 bits per heavy atom. The Balaban J connectivity index is 1.31. The van der Waals surface area contributed by atoms with Gasteiger partial charge in [-0.25, -0.2) is 4.79 Å². The summed E-state index contributed by atoms with van der Waals surface area (Å²) in [6, 6.07) is 18.4. The number of fused-ring (bicyclic) bond motifs is 1. The Morgan fingerprint density at radius 2 is 1.72 bits per heavy atom. The van der Waals surface area contributed by atoms with Crippen molar-refractivity contribution in [3.63, 3.8) is 0 Å². The Bertz CT molecular complexity index is 990. The minimum Gasteiger partial charge on any atom is -0.457 e. The number of hydrogen-bond acceptors (Lipinski definition) is 5. The van der Waals surface area contributed by atoms with Crippen molar-refractivity contribution < 1.29 is 19.1 Å². The molecule has 6 heteroatoms.